The summed E-state index contributed by atoms with van der Waals surface area (Å²) in [5, 5.41) is 10.3. The van der Waals surface area contributed by atoms with Crippen molar-refractivity contribution < 1.29 is 9.84 Å². The molecule has 0 spiro atoms. The highest BCUT2D eigenvalue weighted by atomic mass is 16.5. The summed E-state index contributed by atoms with van der Waals surface area (Å²) in [6.45, 7) is 6.54. The molecule has 1 aromatic carbocycles. The summed E-state index contributed by atoms with van der Waals surface area (Å²) in [6.07, 6.45) is 1.70. The van der Waals surface area contributed by atoms with Crippen LogP contribution in [0.15, 0.2) is 48.7 Å². The van der Waals surface area contributed by atoms with Gasteiger partial charge in [0.05, 0.1) is 18.8 Å². The Morgan fingerprint density at radius 2 is 1.83 bits per heavy atom. The highest BCUT2D eigenvalue weighted by Gasteiger charge is 2.15. The number of aliphatic hydroxyl groups is 1. The molecule has 0 amide bonds. The van der Waals surface area contributed by atoms with Crippen molar-refractivity contribution >= 4 is 0 Å². The van der Waals surface area contributed by atoms with Crippen molar-refractivity contribution in [2.75, 3.05) is 13.2 Å². The molecule has 0 saturated carbocycles. The van der Waals surface area contributed by atoms with E-state index >= 15 is 0 Å². The summed E-state index contributed by atoms with van der Waals surface area (Å²) < 4.78 is 7.65. The minimum Gasteiger partial charge on any atom is -0.389 e. The van der Waals surface area contributed by atoms with E-state index in [0.717, 1.165) is 13.1 Å². The van der Waals surface area contributed by atoms with Gasteiger partial charge < -0.3 is 14.4 Å². The molecule has 4 heteroatoms. The molecule has 0 saturated heterocycles. The van der Waals surface area contributed by atoms with Crippen LogP contribution < -0.4 is 0 Å². The first-order chi connectivity index (χ1) is 11.0. The first-order valence-electron chi connectivity index (χ1n) is 8.20. The summed E-state index contributed by atoms with van der Waals surface area (Å²) >= 11 is 0. The van der Waals surface area contributed by atoms with Crippen LogP contribution in [0, 0.1) is 0 Å². The van der Waals surface area contributed by atoms with E-state index in [2.05, 4.69) is 27.7 Å². The molecule has 2 rings (SSSR count). The first-order valence-corrected chi connectivity index (χ1v) is 8.20. The Labute approximate surface area is 139 Å². The predicted molar refractivity (Wildman–Crippen MR) is 93.1 cm³/mol. The molecule has 1 atom stereocenters. The number of ether oxygens (including phenoxy) is 1. The van der Waals surface area contributed by atoms with Gasteiger partial charge in [0.25, 0.3) is 0 Å². The van der Waals surface area contributed by atoms with Gasteiger partial charge in [-0.3, -0.25) is 4.90 Å². The van der Waals surface area contributed by atoms with Crippen LogP contribution in [-0.2, 0) is 24.9 Å². The minimum absolute atomic E-state index is 0.139. The highest BCUT2D eigenvalue weighted by Crippen LogP contribution is 2.11. The van der Waals surface area contributed by atoms with Gasteiger partial charge in [-0.1, -0.05) is 30.3 Å². The lowest BCUT2D eigenvalue weighted by atomic mass is 10.2. The van der Waals surface area contributed by atoms with Gasteiger partial charge in [-0.05, 0) is 31.5 Å². The van der Waals surface area contributed by atoms with Gasteiger partial charge in [-0.2, -0.15) is 0 Å². The number of hydrogen-bond donors (Lipinski definition) is 1. The molecule has 0 aliphatic carbocycles. The molecular weight excluding hydrogens is 288 g/mol. The smallest absolute Gasteiger partial charge is 0.0900 e. The lowest BCUT2D eigenvalue weighted by Gasteiger charge is -2.26. The molecule has 1 heterocycles. The Hall–Kier alpha value is -1.62. The van der Waals surface area contributed by atoms with Crippen molar-refractivity contribution in [2.45, 2.75) is 39.1 Å². The van der Waals surface area contributed by atoms with E-state index in [9.17, 15) is 5.11 Å². The molecule has 2 aromatic rings. The fourth-order valence-corrected chi connectivity index (χ4v) is 2.57. The Morgan fingerprint density at radius 1 is 1.09 bits per heavy atom. The number of benzene rings is 1. The summed E-state index contributed by atoms with van der Waals surface area (Å²) in [5.41, 5.74) is 2.48. The third-order valence-corrected chi connectivity index (χ3v) is 3.78. The average molecular weight is 316 g/mol. The molecular formula is C19H28N2O2. The Bertz CT molecular complexity index is 566. The molecule has 0 radical (unpaired) electrons. The molecule has 126 valence electrons. The third-order valence-electron chi connectivity index (χ3n) is 3.78. The number of rotatable bonds is 9. The van der Waals surface area contributed by atoms with E-state index in [4.69, 9.17) is 4.74 Å². The molecule has 0 aliphatic heterocycles. The molecule has 1 aromatic heterocycles. The zero-order chi connectivity index (χ0) is 16.7. The van der Waals surface area contributed by atoms with Crippen molar-refractivity contribution in [3.8, 4) is 0 Å². The number of aliphatic hydroxyl groups excluding tert-OH is 1. The van der Waals surface area contributed by atoms with Crippen LogP contribution in [0.5, 0.6) is 0 Å². The largest absolute Gasteiger partial charge is 0.389 e. The van der Waals surface area contributed by atoms with Gasteiger partial charge >= 0.3 is 0 Å². The summed E-state index contributed by atoms with van der Waals surface area (Å²) in [4.78, 5) is 2.26. The number of nitrogens with zero attached hydrogens (tertiary/aromatic N) is 2. The van der Waals surface area contributed by atoms with E-state index < -0.39 is 6.10 Å². The molecule has 0 unspecified atom stereocenters. The lowest BCUT2D eigenvalue weighted by molar-refractivity contribution is -0.0109. The topological polar surface area (TPSA) is 37.6 Å². The van der Waals surface area contributed by atoms with Gasteiger partial charge in [0, 0.05) is 38.6 Å². The highest BCUT2D eigenvalue weighted by molar-refractivity contribution is 5.15. The second-order valence-electron chi connectivity index (χ2n) is 6.30. The fourth-order valence-electron chi connectivity index (χ4n) is 2.57. The maximum atomic E-state index is 10.3. The van der Waals surface area contributed by atoms with Gasteiger partial charge in [-0.25, -0.2) is 0 Å². The number of hydrogen-bond acceptors (Lipinski definition) is 3. The van der Waals surface area contributed by atoms with Gasteiger partial charge in [0.2, 0.25) is 0 Å². The zero-order valence-corrected chi connectivity index (χ0v) is 14.4. The van der Waals surface area contributed by atoms with Gasteiger partial charge in [0.15, 0.2) is 0 Å². The van der Waals surface area contributed by atoms with Gasteiger partial charge in [0.1, 0.15) is 0 Å². The second-order valence-corrected chi connectivity index (χ2v) is 6.30. The minimum atomic E-state index is -0.485. The summed E-state index contributed by atoms with van der Waals surface area (Å²) in [6, 6.07) is 14.5. The Kier molecular flexibility index (Phi) is 6.84. The van der Waals surface area contributed by atoms with Crippen molar-refractivity contribution in [3.63, 3.8) is 0 Å². The lowest BCUT2D eigenvalue weighted by Crippen LogP contribution is -2.35. The molecule has 0 fully saturated rings. The predicted octanol–water partition coefficient (Wildman–Crippen LogP) is 2.81. The molecule has 23 heavy (non-hydrogen) atoms. The van der Waals surface area contributed by atoms with Crippen LogP contribution in [0.2, 0.25) is 0 Å². The quantitative estimate of drug-likeness (QED) is 0.773. The van der Waals surface area contributed by atoms with Crippen LogP contribution >= 0.6 is 0 Å². The molecule has 0 bridgehead atoms. The van der Waals surface area contributed by atoms with Crippen LogP contribution in [0.4, 0.5) is 0 Å². The third kappa shape index (κ3) is 6.18. The summed E-state index contributed by atoms with van der Waals surface area (Å²) in [5.74, 6) is 0. The van der Waals surface area contributed by atoms with Gasteiger partial charge in [-0.15, -0.1) is 0 Å². The maximum absolute atomic E-state index is 10.3. The van der Waals surface area contributed by atoms with E-state index in [-0.39, 0.29) is 6.10 Å². The maximum Gasteiger partial charge on any atom is 0.0900 e. The Morgan fingerprint density at radius 3 is 2.43 bits per heavy atom. The normalized spacial score (nSPS) is 13.0. The molecule has 1 N–H and O–H groups in total. The van der Waals surface area contributed by atoms with E-state index in [1.807, 2.05) is 51.4 Å². The van der Waals surface area contributed by atoms with E-state index in [1.165, 1.54) is 11.3 Å². The molecule has 4 nitrogen and oxygen atoms in total. The molecule has 0 aliphatic rings. The van der Waals surface area contributed by atoms with Crippen molar-refractivity contribution in [1.29, 1.82) is 0 Å². The van der Waals surface area contributed by atoms with Crippen molar-refractivity contribution in [3.05, 3.63) is 59.9 Å². The monoisotopic (exact) mass is 316 g/mol. The summed E-state index contributed by atoms with van der Waals surface area (Å²) in [7, 11) is 2.05. The Balaban J connectivity index is 2.00. The van der Waals surface area contributed by atoms with E-state index in [1.54, 1.807) is 0 Å². The standard InChI is InChI=1S/C19H28N2O2/c1-16(2)23-15-19(22)14-21(12-17-8-5-4-6-9-17)13-18-10-7-11-20(18)3/h4-11,16,19,22H,12-15H2,1-3H3/t19-/m1/s1. The van der Waals surface area contributed by atoms with Crippen molar-refractivity contribution in [2.24, 2.45) is 7.05 Å². The van der Waals surface area contributed by atoms with Crippen LogP contribution in [0.3, 0.4) is 0 Å². The number of aromatic nitrogens is 1. The first kappa shape index (κ1) is 17.7. The van der Waals surface area contributed by atoms with Crippen LogP contribution in [0.25, 0.3) is 0 Å². The van der Waals surface area contributed by atoms with Crippen molar-refractivity contribution in [1.82, 2.24) is 9.47 Å². The van der Waals surface area contributed by atoms with E-state index in [0.29, 0.717) is 13.2 Å². The van der Waals surface area contributed by atoms with Crippen LogP contribution in [-0.4, -0.2) is 39.9 Å². The SMILES string of the molecule is CC(C)OC[C@H](O)CN(Cc1ccccc1)Cc1cccn1C. The second kappa shape index (κ2) is 8.87. The average Bonchev–Trinajstić information content (AvgIpc) is 2.91. The zero-order valence-electron chi connectivity index (χ0n) is 14.4. The van der Waals surface area contributed by atoms with Crippen LogP contribution in [0.1, 0.15) is 25.1 Å². The fraction of sp³-hybridized carbons (Fsp3) is 0.474. The number of aryl methyl sites for hydroxylation is 1.